The van der Waals surface area contributed by atoms with Gasteiger partial charge in [-0.1, -0.05) is 13.8 Å². The average molecular weight is 390 g/mol. The molecule has 0 bridgehead atoms. The Morgan fingerprint density at radius 2 is 1.56 bits per heavy atom. The van der Waals surface area contributed by atoms with Gasteiger partial charge in [-0.15, -0.1) is 0 Å². The summed E-state index contributed by atoms with van der Waals surface area (Å²) in [7, 11) is -3.55. The number of carbonyl (C=O) groups is 1. The molecule has 1 N–H and O–H groups in total. The summed E-state index contributed by atoms with van der Waals surface area (Å²) in [5.74, 6) is -0.137. The maximum absolute atomic E-state index is 12.9. The molecule has 144 valence electrons. The fourth-order valence-corrected chi connectivity index (χ4v) is 5.15. The molecule has 0 aromatic heterocycles. The third-order valence-electron chi connectivity index (χ3n) is 4.69. The van der Waals surface area contributed by atoms with Crippen LogP contribution in [0.25, 0.3) is 0 Å². The number of nitrogens with one attached hydrogen (secondary N) is 1. The summed E-state index contributed by atoms with van der Waals surface area (Å²) in [5.41, 5.74) is 0.799. The standard InChI is InChI=1S/C20H23FN2O3S/c1-14-11-15(2)13-23(12-14)27(25,26)19-9-7-18(8-10-19)22-20(24)16-3-5-17(21)6-4-16/h3-10,14-15H,11-13H2,1-2H3,(H,22,24)/t14-,15-/m1/s1. The lowest BCUT2D eigenvalue weighted by Crippen LogP contribution is -2.42. The number of sulfonamides is 1. The second-order valence-corrected chi connectivity index (χ2v) is 9.19. The Labute approximate surface area is 159 Å². The molecule has 1 amide bonds. The van der Waals surface area contributed by atoms with Crippen LogP contribution in [0.1, 0.15) is 30.6 Å². The molecule has 1 aliphatic rings. The molecule has 0 saturated carbocycles. The SMILES string of the molecule is C[C@@H]1C[C@@H](C)CN(S(=O)(=O)c2ccc(NC(=O)c3ccc(F)cc3)cc2)C1. The van der Waals surface area contributed by atoms with Crippen LogP contribution in [-0.4, -0.2) is 31.7 Å². The Kier molecular flexibility index (Phi) is 5.62. The number of nitrogens with zero attached hydrogens (tertiary/aromatic N) is 1. The van der Waals surface area contributed by atoms with Gasteiger partial charge >= 0.3 is 0 Å². The highest BCUT2D eigenvalue weighted by atomic mass is 32.2. The zero-order chi connectivity index (χ0) is 19.6. The number of halogens is 1. The van der Waals surface area contributed by atoms with E-state index in [0.29, 0.717) is 36.2 Å². The molecule has 2 aromatic rings. The number of amides is 1. The topological polar surface area (TPSA) is 66.5 Å². The first-order valence-corrected chi connectivity index (χ1v) is 10.4. The minimum absolute atomic E-state index is 0.212. The molecule has 0 aliphatic carbocycles. The summed E-state index contributed by atoms with van der Waals surface area (Å²) in [6.07, 6.45) is 1.03. The first-order valence-electron chi connectivity index (χ1n) is 8.93. The normalized spacial score (nSPS) is 21.0. The van der Waals surface area contributed by atoms with Gasteiger partial charge in [-0.25, -0.2) is 12.8 Å². The highest BCUT2D eigenvalue weighted by molar-refractivity contribution is 7.89. The van der Waals surface area contributed by atoms with E-state index in [0.717, 1.165) is 6.42 Å². The van der Waals surface area contributed by atoms with Gasteiger partial charge in [0, 0.05) is 24.3 Å². The van der Waals surface area contributed by atoms with Gasteiger partial charge in [0.25, 0.3) is 5.91 Å². The molecule has 0 spiro atoms. The quantitative estimate of drug-likeness (QED) is 0.865. The summed E-state index contributed by atoms with van der Waals surface area (Å²) in [6.45, 7) is 5.17. The number of benzene rings is 2. The Bertz CT molecular complexity index is 901. The van der Waals surface area contributed by atoms with E-state index in [9.17, 15) is 17.6 Å². The summed E-state index contributed by atoms with van der Waals surface area (Å²) < 4.78 is 40.2. The van der Waals surface area contributed by atoms with Crippen LogP contribution in [0.3, 0.4) is 0 Å². The lowest BCUT2D eigenvalue weighted by Gasteiger charge is -2.34. The van der Waals surface area contributed by atoms with Crippen molar-refractivity contribution in [3.8, 4) is 0 Å². The fraction of sp³-hybridized carbons (Fsp3) is 0.350. The van der Waals surface area contributed by atoms with Crippen molar-refractivity contribution in [2.24, 2.45) is 11.8 Å². The molecule has 3 rings (SSSR count). The Morgan fingerprint density at radius 1 is 1.00 bits per heavy atom. The van der Waals surface area contributed by atoms with Crippen molar-refractivity contribution in [2.75, 3.05) is 18.4 Å². The zero-order valence-electron chi connectivity index (χ0n) is 15.4. The van der Waals surface area contributed by atoms with E-state index in [1.54, 1.807) is 12.1 Å². The predicted octanol–water partition coefficient (Wildman–Crippen LogP) is 3.74. The Morgan fingerprint density at radius 3 is 2.11 bits per heavy atom. The largest absolute Gasteiger partial charge is 0.322 e. The van der Waals surface area contributed by atoms with Crippen molar-refractivity contribution in [2.45, 2.75) is 25.2 Å². The van der Waals surface area contributed by atoms with Gasteiger partial charge in [0.2, 0.25) is 10.0 Å². The third kappa shape index (κ3) is 4.54. The summed E-state index contributed by atoms with van der Waals surface area (Å²) in [6, 6.07) is 11.3. The van der Waals surface area contributed by atoms with E-state index in [1.807, 2.05) is 0 Å². The molecule has 1 heterocycles. The molecule has 2 aromatic carbocycles. The Balaban J connectivity index is 1.72. The summed E-state index contributed by atoms with van der Waals surface area (Å²) in [5, 5.41) is 2.68. The highest BCUT2D eigenvalue weighted by Crippen LogP contribution is 2.27. The molecule has 27 heavy (non-hydrogen) atoms. The third-order valence-corrected chi connectivity index (χ3v) is 6.54. The van der Waals surface area contributed by atoms with Crippen LogP contribution < -0.4 is 5.32 Å². The van der Waals surface area contributed by atoms with Crippen LogP contribution in [0, 0.1) is 17.7 Å². The maximum atomic E-state index is 12.9. The molecule has 5 nitrogen and oxygen atoms in total. The molecule has 1 saturated heterocycles. The first kappa shape index (κ1) is 19.5. The molecule has 0 radical (unpaired) electrons. The lowest BCUT2D eigenvalue weighted by molar-refractivity contribution is 0.102. The van der Waals surface area contributed by atoms with E-state index in [-0.39, 0.29) is 10.8 Å². The van der Waals surface area contributed by atoms with Crippen LogP contribution in [-0.2, 0) is 10.0 Å². The minimum Gasteiger partial charge on any atom is -0.322 e. The number of piperidine rings is 1. The average Bonchev–Trinajstić information content (AvgIpc) is 2.62. The number of hydrogen-bond donors (Lipinski definition) is 1. The maximum Gasteiger partial charge on any atom is 0.255 e. The van der Waals surface area contributed by atoms with Gasteiger partial charge in [-0.05, 0) is 66.8 Å². The van der Waals surface area contributed by atoms with E-state index in [2.05, 4.69) is 19.2 Å². The van der Waals surface area contributed by atoms with Crippen LogP contribution in [0.2, 0.25) is 0 Å². The van der Waals surface area contributed by atoms with Crippen LogP contribution in [0.5, 0.6) is 0 Å². The van der Waals surface area contributed by atoms with E-state index >= 15 is 0 Å². The van der Waals surface area contributed by atoms with Crippen molar-refractivity contribution in [1.29, 1.82) is 0 Å². The molecule has 7 heteroatoms. The van der Waals surface area contributed by atoms with E-state index < -0.39 is 15.8 Å². The number of rotatable bonds is 4. The van der Waals surface area contributed by atoms with E-state index in [4.69, 9.17) is 0 Å². The van der Waals surface area contributed by atoms with Crippen molar-refractivity contribution in [3.05, 3.63) is 59.9 Å². The predicted molar refractivity (Wildman–Crippen MR) is 102 cm³/mol. The van der Waals surface area contributed by atoms with Crippen LogP contribution in [0.15, 0.2) is 53.4 Å². The smallest absolute Gasteiger partial charge is 0.255 e. The molecular formula is C20H23FN2O3S. The van der Waals surface area contributed by atoms with Gasteiger partial charge in [-0.2, -0.15) is 4.31 Å². The molecule has 1 fully saturated rings. The summed E-state index contributed by atoms with van der Waals surface area (Å²) in [4.78, 5) is 12.4. The van der Waals surface area contributed by atoms with Crippen molar-refractivity contribution in [3.63, 3.8) is 0 Å². The van der Waals surface area contributed by atoms with Gasteiger partial charge in [-0.3, -0.25) is 4.79 Å². The zero-order valence-corrected chi connectivity index (χ0v) is 16.2. The fourth-order valence-electron chi connectivity index (χ4n) is 3.47. The first-order chi connectivity index (χ1) is 12.8. The number of carbonyl (C=O) groups excluding carboxylic acids is 1. The van der Waals surface area contributed by atoms with Gasteiger partial charge < -0.3 is 5.32 Å². The van der Waals surface area contributed by atoms with Crippen molar-refractivity contribution < 1.29 is 17.6 Å². The second-order valence-electron chi connectivity index (χ2n) is 7.25. The lowest BCUT2D eigenvalue weighted by atomic mass is 9.94. The summed E-state index contributed by atoms with van der Waals surface area (Å²) >= 11 is 0. The van der Waals surface area contributed by atoms with E-state index in [1.165, 1.54) is 40.7 Å². The van der Waals surface area contributed by atoms with Crippen LogP contribution >= 0.6 is 0 Å². The number of anilines is 1. The monoisotopic (exact) mass is 390 g/mol. The molecular weight excluding hydrogens is 367 g/mol. The number of hydrogen-bond acceptors (Lipinski definition) is 3. The van der Waals surface area contributed by atoms with Crippen LogP contribution in [0.4, 0.5) is 10.1 Å². The molecule has 1 aliphatic heterocycles. The van der Waals surface area contributed by atoms with Gasteiger partial charge in [0.05, 0.1) is 4.90 Å². The van der Waals surface area contributed by atoms with Crippen molar-refractivity contribution >= 4 is 21.6 Å². The van der Waals surface area contributed by atoms with Gasteiger partial charge in [0.1, 0.15) is 5.82 Å². The minimum atomic E-state index is -3.55. The molecule has 0 unspecified atom stereocenters. The Hall–Kier alpha value is -2.25. The highest BCUT2D eigenvalue weighted by Gasteiger charge is 2.31. The molecule has 2 atom stereocenters. The second kappa shape index (κ2) is 7.78. The van der Waals surface area contributed by atoms with Gasteiger partial charge in [0.15, 0.2) is 0 Å². The van der Waals surface area contributed by atoms with Crippen molar-refractivity contribution in [1.82, 2.24) is 4.31 Å².